The van der Waals surface area contributed by atoms with Crippen molar-refractivity contribution in [3.05, 3.63) is 35.5 Å². The maximum absolute atomic E-state index is 13.2. The number of hydrogen-bond acceptors (Lipinski definition) is 5. The van der Waals surface area contributed by atoms with Crippen LogP contribution in [0.15, 0.2) is 12.3 Å². The predicted octanol–water partition coefficient (Wildman–Crippen LogP) is 2.75. The molecule has 0 bridgehead atoms. The number of fused-ring (bicyclic) bond motifs is 1. The van der Waals surface area contributed by atoms with Crippen LogP contribution >= 0.6 is 0 Å². The molecule has 1 N–H and O–H groups in total. The third-order valence-electron chi connectivity index (χ3n) is 6.56. The van der Waals surface area contributed by atoms with Crippen molar-refractivity contribution in [3.8, 4) is 0 Å². The van der Waals surface area contributed by atoms with Gasteiger partial charge >= 0.3 is 6.18 Å². The molecule has 31 heavy (non-hydrogen) atoms. The number of carbonyl (C=O) groups excluding carboxylic acids is 1. The molecule has 1 aromatic rings. The van der Waals surface area contributed by atoms with Gasteiger partial charge in [-0.2, -0.15) is 13.2 Å². The quantitative estimate of drug-likeness (QED) is 0.780. The van der Waals surface area contributed by atoms with Gasteiger partial charge in [0.1, 0.15) is 0 Å². The summed E-state index contributed by atoms with van der Waals surface area (Å²) in [6.07, 6.45) is 2.24. The normalized spacial score (nSPS) is 29.5. The van der Waals surface area contributed by atoms with Crippen molar-refractivity contribution in [3.63, 3.8) is 0 Å². The predicted molar refractivity (Wildman–Crippen MR) is 107 cm³/mol. The van der Waals surface area contributed by atoms with E-state index in [0.29, 0.717) is 50.3 Å². The number of nitrogens with one attached hydrogen (secondary N) is 1. The molecule has 0 aromatic carbocycles. The standard InChI is InChI=1S/C22H29F3N3O3/c1-30-20-13-31-8-6-19(20)27-17-4-2-3-14(10-17)21(29)28-7-5-18-15(12-28)9-16(11-26-18)22(23,24)25/h2,9,11,14,17,19-20,27H,3-8,10,12-13H2,1H3/t14-,17+,19-,20+/m0/s1. The van der Waals surface area contributed by atoms with E-state index in [1.165, 1.54) is 0 Å². The van der Waals surface area contributed by atoms with E-state index >= 15 is 0 Å². The summed E-state index contributed by atoms with van der Waals surface area (Å²) in [6.45, 7) is 1.93. The number of ether oxygens (including phenoxy) is 2. The molecule has 1 aromatic heterocycles. The molecule has 171 valence electrons. The Balaban J connectivity index is 1.38. The second-order valence-corrected chi connectivity index (χ2v) is 8.64. The van der Waals surface area contributed by atoms with Crippen LogP contribution in [-0.4, -0.2) is 60.8 Å². The molecule has 1 radical (unpaired) electrons. The minimum absolute atomic E-state index is 0.00115. The van der Waals surface area contributed by atoms with Crippen LogP contribution in [0.4, 0.5) is 13.2 Å². The number of amides is 1. The van der Waals surface area contributed by atoms with Gasteiger partial charge in [-0.3, -0.25) is 9.78 Å². The summed E-state index contributed by atoms with van der Waals surface area (Å²) >= 11 is 0. The highest BCUT2D eigenvalue weighted by molar-refractivity contribution is 5.79. The van der Waals surface area contributed by atoms with Crippen molar-refractivity contribution in [2.75, 3.05) is 26.9 Å². The number of halogens is 3. The molecule has 0 spiro atoms. The third kappa shape index (κ3) is 5.21. The summed E-state index contributed by atoms with van der Waals surface area (Å²) < 4.78 is 50.1. The van der Waals surface area contributed by atoms with Crippen LogP contribution in [0, 0.1) is 12.3 Å². The number of nitrogens with zero attached hydrogens (tertiary/aromatic N) is 2. The van der Waals surface area contributed by atoms with Gasteiger partial charge in [0, 0.05) is 63.1 Å². The van der Waals surface area contributed by atoms with E-state index in [0.717, 1.165) is 25.1 Å². The van der Waals surface area contributed by atoms with Gasteiger partial charge in [0.2, 0.25) is 5.91 Å². The average molecular weight is 440 g/mol. The van der Waals surface area contributed by atoms with Crippen LogP contribution in [-0.2, 0) is 33.4 Å². The Labute approximate surface area is 180 Å². The fourth-order valence-electron chi connectivity index (χ4n) is 4.84. The smallest absolute Gasteiger partial charge is 0.379 e. The zero-order valence-electron chi connectivity index (χ0n) is 17.7. The molecular weight excluding hydrogens is 411 g/mol. The van der Waals surface area contributed by atoms with Crippen LogP contribution in [0.5, 0.6) is 0 Å². The largest absolute Gasteiger partial charge is 0.417 e. The maximum atomic E-state index is 13.2. The zero-order valence-corrected chi connectivity index (χ0v) is 17.7. The van der Waals surface area contributed by atoms with Crippen molar-refractivity contribution in [2.45, 2.75) is 63.0 Å². The van der Waals surface area contributed by atoms with E-state index in [-0.39, 0.29) is 36.6 Å². The number of rotatable bonds is 4. The van der Waals surface area contributed by atoms with Crippen LogP contribution in [0.25, 0.3) is 0 Å². The first-order valence-corrected chi connectivity index (χ1v) is 10.9. The highest BCUT2D eigenvalue weighted by Gasteiger charge is 2.36. The van der Waals surface area contributed by atoms with Gasteiger partial charge in [-0.25, -0.2) is 0 Å². The molecule has 3 heterocycles. The Morgan fingerprint density at radius 2 is 2.19 bits per heavy atom. The Morgan fingerprint density at radius 1 is 1.35 bits per heavy atom. The lowest BCUT2D eigenvalue weighted by atomic mass is 9.83. The lowest BCUT2D eigenvalue weighted by molar-refractivity contribution is -0.138. The molecule has 4 atom stereocenters. The molecule has 0 unspecified atom stereocenters. The fourth-order valence-corrected chi connectivity index (χ4v) is 4.84. The van der Waals surface area contributed by atoms with Crippen molar-refractivity contribution in [2.24, 2.45) is 5.92 Å². The molecule has 1 aliphatic carbocycles. The first-order chi connectivity index (χ1) is 14.8. The van der Waals surface area contributed by atoms with Crippen molar-refractivity contribution < 1.29 is 27.4 Å². The van der Waals surface area contributed by atoms with Crippen molar-refractivity contribution in [1.29, 1.82) is 0 Å². The average Bonchev–Trinajstić information content (AvgIpc) is 2.78. The Kier molecular flexibility index (Phi) is 6.83. The Morgan fingerprint density at radius 3 is 2.97 bits per heavy atom. The number of carbonyl (C=O) groups is 1. The van der Waals surface area contributed by atoms with E-state index in [1.807, 2.05) is 0 Å². The molecule has 6 nitrogen and oxygen atoms in total. The lowest BCUT2D eigenvalue weighted by Gasteiger charge is -2.38. The number of methoxy groups -OCH3 is 1. The molecule has 3 aliphatic rings. The van der Waals surface area contributed by atoms with Crippen LogP contribution < -0.4 is 5.32 Å². The summed E-state index contributed by atoms with van der Waals surface area (Å²) in [5, 5.41) is 3.64. The van der Waals surface area contributed by atoms with Gasteiger partial charge in [0.05, 0.1) is 18.3 Å². The molecular formula is C22H29F3N3O3. The Bertz CT molecular complexity index is 789. The topological polar surface area (TPSA) is 63.7 Å². The second-order valence-electron chi connectivity index (χ2n) is 8.64. The first-order valence-electron chi connectivity index (χ1n) is 10.9. The van der Waals surface area contributed by atoms with E-state index in [9.17, 15) is 18.0 Å². The fraction of sp³-hybridized carbons (Fsp3) is 0.682. The highest BCUT2D eigenvalue weighted by atomic mass is 19.4. The van der Waals surface area contributed by atoms with Crippen LogP contribution in [0.1, 0.15) is 42.5 Å². The molecule has 1 saturated heterocycles. The summed E-state index contributed by atoms with van der Waals surface area (Å²) in [7, 11) is 1.68. The van der Waals surface area contributed by atoms with Gasteiger partial charge in [0.25, 0.3) is 0 Å². The van der Waals surface area contributed by atoms with E-state index in [2.05, 4.69) is 16.7 Å². The van der Waals surface area contributed by atoms with Gasteiger partial charge < -0.3 is 19.7 Å². The van der Waals surface area contributed by atoms with Gasteiger partial charge in [0.15, 0.2) is 0 Å². The van der Waals surface area contributed by atoms with Gasteiger partial charge in [-0.05, 0) is 43.7 Å². The second kappa shape index (κ2) is 9.42. The van der Waals surface area contributed by atoms with Crippen LogP contribution in [0.3, 0.4) is 0 Å². The molecule has 9 heteroatoms. The number of alkyl halides is 3. The lowest BCUT2D eigenvalue weighted by Crippen LogP contribution is -2.53. The monoisotopic (exact) mass is 440 g/mol. The van der Waals surface area contributed by atoms with Crippen molar-refractivity contribution in [1.82, 2.24) is 15.2 Å². The molecule has 4 rings (SSSR count). The summed E-state index contributed by atoms with van der Waals surface area (Å²) in [4.78, 5) is 18.9. The number of pyridine rings is 1. The van der Waals surface area contributed by atoms with E-state index in [1.54, 1.807) is 12.0 Å². The summed E-state index contributed by atoms with van der Waals surface area (Å²) in [6, 6.07) is 1.51. The van der Waals surface area contributed by atoms with Crippen molar-refractivity contribution >= 4 is 5.91 Å². The van der Waals surface area contributed by atoms with E-state index < -0.39 is 11.7 Å². The highest BCUT2D eigenvalue weighted by Crippen LogP contribution is 2.32. The molecule has 1 amide bonds. The zero-order chi connectivity index (χ0) is 22.0. The van der Waals surface area contributed by atoms with Gasteiger partial charge in [-0.15, -0.1) is 0 Å². The molecule has 2 fully saturated rings. The summed E-state index contributed by atoms with van der Waals surface area (Å²) in [5.74, 6) is -0.145. The van der Waals surface area contributed by atoms with Crippen LogP contribution in [0.2, 0.25) is 0 Å². The van der Waals surface area contributed by atoms with Gasteiger partial charge in [-0.1, -0.05) is 0 Å². The third-order valence-corrected chi connectivity index (χ3v) is 6.56. The first kappa shape index (κ1) is 22.5. The van der Waals surface area contributed by atoms with E-state index in [4.69, 9.17) is 9.47 Å². The minimum Gasteiger partial charge on any atom is -0.379 e. The molecule has 2 aliphatic heterocycles. The SMILES string of the molecule is CO[C@@H]1COCC[C@@H]1N[C@@H]1C[CH]C[C@H](C(=O)N2CCc3ncc(C(F)(F)F)cc3C2)C1. The number of aromatic nitrogens is 1. The Hall–Kier alpha value is -1.71. The number of hydrogen-bond donors (Lipinski definition) is 1. The molecule has 1 saturated carbocycles. The summed E-state index contributed by atoms with van der Waals surface area (Å²) in [5.41, 5.74) is 0.380. The minimum atomic E-state index is -4.43. The maximum Gasteiger partial charge on any atom is 0.417 e.